The zero-order valence-corrected chi connectivity index (χ0v) is 20.7. The van der Waals surface area contributed by atoms with Gasteiger partial charge in [0.2, 0.25) is 0 Å². The lowest BCUT2D eigenvalue weighted by molar-refractivity contribution is 0.311. The Bertz CT molecular complexity index is 1170. The molecule has 1 aromatic heterocycles. The van der Waals surface area contributed by atoms with Gasteiger partial charge in [0.25, 0.3) is 10.0 Å². The van der Waals surface area contributed by atoms with Crippen LogP contribution in [0, 0.1) is 6.92 Å². The van der Waals surface area contributed by atoms with Gasteiger partial charge in [-0.05, 0) is 67.4 Å². The minimum Gasteiger partial charge on any atom is -0.495 e. The normalized spacial score (nSPS) is 15.1. The summed E-state index contributed by atoms with van der Waals surface area (Å²) in [6, 6.07) is 14.2. The average Bonchev–Trinajstić information content (AvgIpc) is 3.29. The molecule has 0 bridgehead atoms. The summed E-state index contributed by atoms with van der Waals surface area (Å²) in [5.74, 6) is 0.717. The van der Waals surface area contributed by atoms with Gasteiger partial charge in [0.05, 0.1) is 24.2 Å². The highest BCUT2D eigenvalue weighted by Crippen LogP contribution is 2.40. The Morgan fingerprint density at radius 2 is 1.78 bits per heavy atom. The van der Waals surface area contributed by atoms with Crippen molar-refractivity contribution in [2.45, 2.75) is 11.1 Å². The molecule has 0 spiro atoms. The van der Waals surface area contributed by atoms with Crippen LogP contribution in [0.15, 0.2) is 58.1 Å². The molecule has 0 saturated carbocycles. The van der Waals surface area contributed by atoms with Crippen LogP contribution in [0.4, 0.5) is 17.1 Å². The van der Waals surface area contributed by atoms with Gasteiger partial charge in [-0.3, -0.25) is 0 Å². The minimum absolute atomic E-state index is 0.270. The second-order valence-corrected chi connectivity index (χ2v) is 11.2. The van der Waals surface area contributed by atoms with Gasteiger partial charge < -0.3 is 14.5 Å². The lowest BCUT2D eigenvalue weighted by atomic mass is 10.2. The van der Waals surface area contributed by atoms with Gasteiger partial charge in [-0.25, -0.2) is 4.31 Å². The summed E-state index contributed by atoms with van der Waals surface area (Å²) in [6.45, 7) is 5.43. The Hall–Kier alpha value is -2.26. The number of ether oxygens (including phenoxy) is 1. The summed E-state index contributed by atoms with van der Waals surface area (Å²) < 4.78 is 34.7. The van der Waals surface area contributed by atoms with Gasteiger partial charge in [-0.15, -0.1) is 11.3 Å². The van der Waals surface area contributed by atoms with Crippen molar-refractivity contribution in [2.75, 3.05) is 49.5 Å². The molecule has 32 heavy (non-hydrogen) atoms. The van der Waals surface area contributed by atoms with E-state index in [-0.39, 0.29) is 4.21 Å². The van der Waals surface area contributed by atoms with Crippen LogP contribution in [0.1, 0.15) is 5.56 Å². The van der Waals surface area contributed by atoms with Crippen molar-refractivity contribution in [1.82, 2.24) is 4.90 Å². The van der Waals surface area contributed by atoms with Crippen LogP contribution >= 0.6 is 22.9 Å². The maximum atomic E-state index is 13.7. The molecule has 1 fully saturated rings. The first kappa shape index (κ1) is 22.9. The molecule has 0 amide bonds. The van der Waals surface area contributed by atoms with Crippen LogP contribution in [0.2, 0.25) is 5.02 Å². The third kappa shape index (κ3) is 4.59. The number of piperazine rings is 1. The standard InChI is InChI=1S/C23H26ClN3O3S2/c1-17-13-18(24)15-20(14-17)27(32(28,29)23-5-4-12-31-23)19-6-7-22(30-3)21(16-19)26-10-8-25(2)9-11-26/h4-7,12-16H,8-11H2,1-3H3. The van der Waals surface area contributed by atoms with Gasteiger partial charge >= 0.3 is 0 Å². The van der Waals surface area contributed by atoms with E-state index in [1.54, 1.807) is 36.8 Å². The van der Waals surface area contributed by atoms with Gasteiger partial charge in [-0.1, -0.05) is 17.7 Å². The van der Waals surface area contributed by atoms with Crippen LogP contribution < -0.4 is 13.9 Å². The van der Waals surface area contributed by atoms with Gasteiger partial charge in [0, 0.05) is 31.2 Å². The fraction of sp³-hybridized carbons (Fsp3) is 0.304. The van der Waals surface area contributed by atoms with E-state index in [9.17, 15) is 8.42 Å². The Morgan fingerprint density at radius 1 is 1.03 bits per heavy atom. The highest BCUT2D eigenvalue weighted by molar-refractivity contribution is 7.95. The van der Waals surface area contributed by atoms with Crippen molar-refractivity contribution in [3.05, 3.63) is 64.5 Å². The second-order valence-electron chi connectivity index (χ2n) is 7.83. The Balaban J connectivity index is 1.87. The molecule has 0 unspecified atom stereocenters. The molecule has 0 aliphatic carbocycles. The lowest BCUT2D eigenvalue weighted by Crippen LogP contribution is -2.44. The summed E-state index contributed by atoms with van der Waals surface area (Å²) in [5, 5.41) is 2.25. The van der Waals surface area contributed by atoms with Crippen LogP contribution in [0.25, 0.3) is 0 Å². The molecule has 4 rings (SSSR count). The third-order valence-electron chi connectivity index (χ3n) is 5.49. The molecule has 2 aromatic carbocycles. The lowest BCUT2D eigenvalue weighted by Gasteiger charge is -2.35. The number of likely N-dealkylation sites (N-methyl/N-ethyl adjacent to an activating group) is 1. The van der Waals surface area contributed by atoms with Gasteiger partial charge in [0.15, 0.2) is 0 Å². The monoisotopic (exact) mass is 491 g/mol. The fourth-order valence-electron chi connectivity index (χ4n) is 3.86. The van der Waals surface area contributed by atoms with E-state index in [1.807, 2.05) is 31.2 Å². The molecule has 0 radical (unpaired) electrons. The summed E-state index contributed by atoms with van der Waals surface area (Å²) in [7, 11) is -0.115. The largest absolute Gasteiger partial charge is 0.495 e. The average molecular weight is 492 g/mol. The number of nitrogens with zero attached hydrogens (tertiary/aromatic N) is 3. The molecule has 1 aliphatic heterocycles. The maximum Gasteiger partial charge on any atom is 0.278 e. The number of sulfonamides is 1. The molecule has 170 valence electrons. The quantitative estimate of drug-likeness (QED) is 0.486. The predicted octanol–water partition coefficient (Wildman–Crippen LogP) is 5.00. The topological polar surface area (TPSA) is 53.1 Å². The van der Waals surface area contributed by atoms with Gasteiger partial charge in [0.1, 0.15) is 9.96 Å². The first-order valence-electron chi connectivity index (χ1n) is 10.3. The third-order valence-corrected chi connectivity index (χ3v) is 8.84. The Morgan fingerprint density at radius 3 is 2.41 bits per heavy atom. The molecule has 6 nitrogen and oxygen atoms in total. The number of aryl methyl sites for hydroxylation is 1. The smallest absolute Gasteiger partial charge is 0.278 e. The Kier molecular flexibility index (Phi) is 6.67. The number of thiophene rings is 1. The van der Waals surface area contributed by atoms with Crippen molar-refractivity contribution in [3.8, 4) is 5.75 Å². The maximum absolute atomic E-state index is 13.7. The minimum atomic E-state index is -3.85. The Labute approximate surface area is 198 Å². The molecule has 1 saturated heterocycles. The highest BCUT2D eigenvalue weighted by Gasteiger charge is 2.29. The highest BCUT2D eigenvalue weighted by atomic mass is 35.5. The van der Waals surface area contributed by atoms with Crippen molar-refractivity contribution < 1.29 is 13.2 Å². The molecule has 1 aliphatic rings. The van der Waals surface area contributed by atoms with E-state index < -0.39 is 10.0 Å². The molecule has 3 aromatic rings. The van der Waals surface area contributed by atoms with Crippen molar-refractivity contribution in [2.24, 2.45) is 0 Å². The molecular weight excluding hydrogens is 466 g/mol. The summed E-state index contributed by atoms with van der Waals surface area (Å²) in [6.07, 6.45) is 0. The van der Waals surface area contributed by atoms with Crippen LogP contribution in [-0.4, -0.2) is 53.7 Å². The van der Waals surface area contributed by atoms with Gasteiger partial charge in [-0.2, -0.15) is 8.42 Å². The predicted molar refractivity (Wildman–Crippen MR) is 133 cm³/mol. The summed E-state index contributed by atoms with van der Waals surface area (Å²) in [4.78, 5) is 4.51. The second kappa shape index (κ2) is 9.31. The molecule has 0 atom stereocenters. The molecular formula is C23H26ClN3O3S2. The first-order valence-corrected chi connectivity index (χ1v) is 13.0. The zero-order valence-electron chi connectivity index (χ0n) is 18.3. The van der Waals surface area contributed by atoms with E-state index in [2.05, 4.69) is 16.8 Å². The summed E-state index contributed by atoms with van der Waals surface area (Å²) in [5.41, 5.74) is 2.79. The van der Waals surface area contributed by atoms with Crippen molar-refractivity contribution in [1.29, 1.82) is 0 Å². The van der Waals surface area contributed by atoms with Crippen LogP contribution in [-0.2, 0) is 10.0 Å². The van der Waals surface area contributed by atoms with Crippen LogP contribution in [0.3, 0.4) is 0 Å². The van der Waals surface area contributed by atoms with E-state index in [0.29, 0.717) is 22.1 Å². The molecule has 9 heteroatoms. The fourth-order valence-corrected chi connectivity index (χ4v) is 6.67. The number of anilines is 3. The number of hydrogen-bond acceptors (Lipinski definition) is 6. The number of methoxy groups -OCH3 is 1. The zero-order chi connectivity index (χ0) is 22.9. The number of halogens is 1. The molecule has 2 heterocycles. The van der Waals surface area contributed by atoms with E-state index in [0.717, 1.165) is 37.4 Å². The van der Waals surface area contributed by atoms with E-state index >= 15 is 0 Å². The van der Waals surface area contributed by atoms with E-state index in [4.69, 9.17) is 16.3 Å². The van der Waals surface area contributed by atoms with E-state index in [1.165, 1.54) is 15.6 Å². The van der Waals surface area contributed by atoms with Crippen molar-refractivity contribution in [3.63, 3.8) is 0 Å². The first-order chi connectivity index (χ1) is 15.3. The SMILES string of the molecule is COc1ccc(N(c2cc(C)cc(Cl)c2)S(=O)(=O)c2cccs2)cc1N1CCN(C)CC1. The molecule has 0 N–H and O–H groups in total. The number of rotatable bonds is 6. The number of hydrogen-bond donors (Lipinski definition) is 0. The summed E-state index contributed by atoms with van der Waals surface area (Å²) >= 11 is 7.51. The number of benzene rings is 2. The van der Waals surface area contributed by atoms with Crippen molar-refractivity contribution >= 4 is 50.0 Å². The van der Waals surface area contributed by atoms with Crippen LogP contribution in [0.5, 0.6) is 5.75 Å².